The zero-order chi connectivity index (χ0) is 15.4. The van der Waals surface area contributed by atoms with Crippen LogP contribution in [0.4, 0.5) is 11.4 Å². The molecule has 0 spiro atoms. The topological polar surface area (TPSA) is 61.3 Å². The lowest BCUT2D eigenvalue weighted by atomic mass is 10.0. The monoisotopic (exact) mass is 290 g/mol. The standard InChI is InChI=1S/C19H18N2O/c20-16-10-15(18-8-4-5-9-19(18)21)11-17(12-16)22-13-14-6-2-1-3-7-14/h1-12H,13,20-21H2. The van der Waals surface area contributed by atoms with Gasteiger partial charge in [0.1, 0.15) is 12.4 Å². The minimum absolute atomic E-state index is 0.508. The van der Waals surface area contributed by atoms with E-state index in [0.29, 0.717) is 12.3 Å². The van der Waals surface area contributed by atoms with Crippen molar-refractivity contribution in [3.63, 3.8) is 0 Å². The van der Waals surface area contributed by atoms with E-state index in [1.54, 1.807) is 0 Å². The third-order valence-corrected chi connectivity index (χ3v) is 3.45. The summed E-state index contributed by atoms with van der Waals surface area (Å²) in [5.41, 5.74) is 16.4. The van der Waals surface area contributed by atoms with Crippen LogP contribution in [0.2, 0.25) is 0 Å². The van der Waals surface area contributed by atoms with Crippen LogP contribution in [0.5, 0.6) is 5.75 Å². The Kier molecular flexibility index (Phi) is 3.97. The first-order valence-corrected chi connectivity index (χ1v) is 7.14. The first kappa shape index (κ1) is 14.0. The number of anilines is 2. The number of hydrogen-bond acceptors (Lipinski definition) is 3. The van der Waals surface area contributed by atoms with Gasteiger partial charge in [0, 0.05) is 23.0 Å². The SMILES string of the molecule is Nc1cc(OCc2ccccc2)cc(-c2ccccc2N)c1. The summed E-state index contributed by atoms with van der Waals surface area (Å²) < 4.78 is 5.85. The normalized spacial score (nSPS) is 10.4. The summed E-state index contributed by atoms with van der Waals surface area (Å²) in [6.45, 7) is 0.508. The van der Waals surface area contributed by atoms with Gasteiger partial charge in [-0.3, -0.25) is 0 Å². The molecule has 3 nitrogen and oxygen atoms in total. The van der Waals surface area contributed by atoms with Crippen molar-refractivity contribution in [2.75, 3.05) is 11.5 Å². The molecule has 0 saturated carbocycles. The lowest BCUT2D eigenvalue weighted by Gasteiger charge is -2.11. The maximum atomic E-state index is 6.04. The van der Waals surface area contributed by atoms with E-state index < -0.39 is 0 Å². The van der Waals surface area contributed by atoms with Gasteiger partial charge >= 0.3 is 0 Å². The van der Waals surface area contributed by atoms with Gasteiger partial charge in [0.2, 0.25) is 0 Å². The van der Waals surface area contributed by atoms with Gasteiger partial charge in [-0.25, -0.2) is 0 Å². The Morgan fingerprint density at radius 2 is 1.50 bits per heavy atom. The Labute approximate surface area is 130 Å². The molecule has 0 atom stereocenters. The molecule has 22 heavy (non-hydrogen) atoms. The van der Waals surface area contributed by atoms with Crippen molar-refractivity contribution in [2.24, 2.45) is 0 Å². The van der Waals surface area contributed by atoms with E-state index in [2.05, 4.69) is 0 Å². The van der Waals surface area contributed by atoms with Crippen LogP contribution in [0.25, 0.3) is 11.1 Å². The summed E-state index contributed by atoms with van der Waals surface area (Å²) in [6.07, 6.45) is 0. The lowest BCUT2D eigenvalue weighted by molar-refractivity contribution is 0.306. The Bertz CT molecular complexity index is 769. The highest BCUT2D eigenvalue weighted by Gasteiger charge is 2.06. The Morgan fingerprint density at radius 3 is 2.27 bits per heavy atom. The molecule has 0 aromatic heterocycles. The molecule has 110 valence electrons. The predicted molar refractivity (Wildman–Crippen MR) is 91.5 cm³/mol. The van der Waals surface area contributed by atoms with Crippen molar-refractivity contribution in [3.8, 4) is 16.9 Å². The molecule has 0 amide bonds. The van der Waals surface area contributed by atoms with Crippen LogP contribution in [0.15, 0.2) is 72.8 Å². The van der Waals surface area contributed by atoms with Crippen molar-refractivity contribution in [3.05, 3.63) is 78.4 Å². The average Bonchev–Trinajstić information content (AvgIpc) is 2.54. The maximum absolute atomic E-state index is 6.04. The number of hydrogen-bond donors (Lipinski definition) is 2. The zero-order valence-corrected chi connectivity index (χ0v) is 12.2. The number of ether oxygens (including phenoxy) is 1. The first-order valence-electron chi connectivity index (χ1n) is 7.14. The second-order valence-corrected chi connectivity index (χ2v) is 5.15. The number of nitrogens with two attached hydrogens (primary N) is 2. The molecule has 0 unspecified atom stereocenters. The smallest absolute Gasteiger partial charge is 0.122 e. The third-order valence-electron chi connectivity index (χ3n) is 3.45. The highest BCUT2D eigenvalue weighted by atomic mass is 16.5. The van der Waals surface area contributed by atoms with Crippen molar-refractivity contribution < 1.29 is 4.74 Å². The fourth-order valence-corrected chi connectivity index (χ4v) is 2.36. The summed E-state index contributed by atoms with van der Waals surface area (Å²) in [5.74, 6) is 0.738. The first-order chi connectivity index (χ1) is 10.7. The molecule has 0 saturated heterocycles. The van der Waals surface area contributed by atoms with Gasteiger partial charge in [0.05, 0.1) is 0 Å². The molecule has 0 bridgehead atoms. The molecule has 0 fully saturated rings. The van der Waals surface area contributed by atoms with Crippen LogP contribution >= 0.6 is 0 Å². The molecule has 0 radical (unpaired) electrons. The Balaban J connectivity index is 1.86. The zero-order valence-electron chi connectivity index (χ0n) is 12.2. The molecular weight excluding hydrogens is 272 g/mol. The van der Waals surface area contributed by atoms with Gasteiger partial charge in [0.15, 0.2) is 0 Å². The fraction of sp³-hybridized carbons (Fsp3) is 0.0526. The number of para-hydroxylation sites is 1. The number of nitrogen functional groups attached to an aromatic ring is 2. The molecule has 4 N–H and O–H groups in total. The van der Waals surface area contributed by atoms with Crippen LogP contribution < -0.4 is 16.2 Å². The van der Waals surface area contributed by atoms with Crippen molar-refractivity contribution in [1.29, 1.82) is 0 Å². The van der Waals surface area contributed by atoms with Crippen LogP contribution in [0.1, 0.15) is 5.56 Å². The van der Waals surface area contributed by atoms with Crippen molar-refractivity contribution in [1.82, 2.24) is 0 Å². The summed E-state index contributed by atoms with van der Waals surface area (Å²) in [6, 6.07) is 23.5. The van der Waals surface area contributed by atoms with Gasteiger partial charge in [-0.05, 0) is 29.3 Å². The number of rotatable bonds is 4. The molecule has 3 heteroatoms. The van der Waals surface area contributed by atoms with E-state index in [0.717, 1.165) is 28.1 Å². The van der Waals surface area contributed by atoms with Gasteiger partial charge in [-0.1, -0.05) is 48.5 Å². The summed E-state index contributed by atoms with van der Waals surface area (Å²) in [4.78, 5) is 0. The molecule has 0 aliphatic carbocycles. The molecule has 3 aromatic carbocycles. The Hall–Kier alpha value is -2.94. The van der Waals surface area contributed by atoms with E-state index >= 15 is 0 Å². The predicted octanol–water partition coefficient (Wildman–Crippen LogP) is 4.10. The van der Waals surface area contributed by atoms with Crippen LogP contribution in [-0.2, 0) is 6.61 Å². The second-order valence-electron chi connectivity index (χ2n) is 5.15. The van der Waals surface area contributed by atoms with E-state index in [4.69, 9.17) is 16.2 Å². The van der Waals surface area contributed by atoms with E-state index in [1.807, 2.05) is 72.8 Å². The quantitative estimate of drug-likeness (QED) is 0.711. The van der Waals surface area contributed by atoms with E-state index in [1.165, 1.54) is 0 Å². The van der Waals surface area contributed by atoms with Crippen LogP contribution in [0, 0.1) is 0 Å². The van der Waals surface area contributed by atoms with Crippen LogP contribution in [-0.4, -0.2) is 0 Å². The highest BCUT2D eigenvalue weighted by Crippen LogP contribution is 2.31. The molecule has 0 aliphatic rings. The second kappa shape index (κ2) is 6.22. The van der Waals surface area contributed by atoms with E-state index in [9.17, 15) is 0 Å². The summed E-state index contributed by atoms with van der Waals surface area (Å²) in [7, 11) is 0. The van der Waals surface area contributed by atoms with E-state index in [-0.39, 0.29) is 0 Å². The van der Waals surface area contributed by atoms with Crippen molar-refractivity contribution >= 4 is 11.4 Å². The molecule has 3 rings (SSSR count). The molecule has 0 aliphatic heterocycles. The van der Waals surface area contributed by atoms with Crippen LogP contribution in [0.3, 0.4) is 0 Å². The molecule has 0 heterocycles. The summed E-state index contributed by atoms with van der Waals surface area (Å²) >= 11 is 0. The van der Waals surface area contributed by atoms with Gasteiger partial charge in [-0.15, -0.1) is 0 Å². The summed E-state index contributed by atoms with van der Waals surface area (Å²) in [5, 5.41) is 0. The maximum Gasteiger partial charge on any atom is 0.122 e. The molecule has 3 aromatic rings. The molecular formula is C19H18N2O. The van der Waals surface area contributed by atoms with Gasteiger partial charge in [-0.2, -0.15) is 0 Å². The number of benzene rings is 3. The fourth-order valence-electron chi connectivity index (χ4n) is 2.36. The van der Waals surface area contributed by atoms with Crippen molar-refractivity contribution in [2.45, 2.75) is 6.61 Å². The lowest BCUT2D eigenvalue weighted by Crippen LogP contribution is -1.97. The minimum atomic E-state index is 0.508. The third kappa shape index (κ3) is 3.20. The minimum Gasteiger partial charge on any atom is -0.489 e. The highest BCUT2D eigenvalue weighted by molar-refractivity contribution is 5.79. The average molecular weight is 290 g/mol. The largest absolute Gasteiger partial charge is 0.489 e. The van der Waals surface area contributed by atoms with Gasteiger partial charge in [0.25, 0.3) is 0 Å². The Morgan fingerprint density at radius 1 is 0.773 bits per heavy atom. The van der Waals surface area contributed by atoms with Gasteiger partial charge < -0.3 is 16.2 Å².